The highest BCUT2D eigenvalue weighted by molar-refractivity contribution is 7.94. The van der Waals surface area contributed by atoms with Crippen molar-refractivity contribution in [2.75, 3.05) is 6.26 Å². The van der Waals surface area contributed by atoms with E-state index >= 15 is 0 Å². The molecule has 3 nitrogen and oxygen atoms in total. The highest BCUT2D eigenvalue weighted by Crippen LogP contribution is 2.29. The SMILES string of the molecule is CS(=O)(=O)C1=CCC2CCC1N2. The second-order valence-electron chi connectivity index (χ2n) is 3.61. The lowest BCUT2D eigenvalue weighted by Gasteiger charge is -2.20. The molecule has 68 valence electrons. The van der Waals surface area contributed by atoms with E-state index in [0.717, 1.165) is 19.3 Å². The summed E-state index contributed by atoms with van der Waals surface area (Å²) in [6, 6.07) is 0.638. The molecular formula is C8H13NO2S. The van der Waals surface area contributed by atoms with E-state index in [1.807, 2.05) is 6.08 Å². The van der Waals surface area contributed by atoms with Crippen LogP contribution in [0.5, 0.6) is 0 Å². The van der Waals surface area contributed by atoms with Crippen LogP contribution in [0.3, 0.4) is 0 Å². The summed E-state index contributed by atoms with van der Waals surface area (Å²) in [5, 5.41) is 3.30. The molecule has 1 fully saturated rings. The van der Waals surface area contributed by atoms with Crippen LogP contribution in [0.1, 0.15) is 19.3 Å². The summed E-state index contributed by atoms with van der Waals surface area (Å²) in [6.45, 7) is 0. The van der Waals surface area contributed by atoms with Crippen LogP contribution in [0, 0.1) is 0 Å². The van der Waals surface area contributed by atoms with Crippen LogP contribution < -0.4 is 5.32 Å². The Morgan fingerprint density at radius 1 is 1.50 bits per heavy atom. The summed E-state index contributed by atoms with van der Waals surface area (Å²) in [5.74, 6) is 0. The molecule has 2 atom stereocenters. The molecule has 0 spiro atoms. The van der Waals surface area contributed by atoms with Crippen molar-refractivity contribution in [1.82, 2.24) is 5.32 Å². The second-order valence-corrected chi connectivity index (χ2v) is 5.62. The first-order valence-electron chi connectivity index (χ1n) is 4.23. The van der Waals surface area contributed by atoms with Gasteiger partial charge in [-0.1, -0.05) is 6.08 Å². The Labute approximate surface area is 72.8 Å². The predicted octanol–water partition coefficient (Wildman–Crippen LogP) is 0.439. The zero-order chi connectivity index (χ0) is 8.77. The van der Waals surface area contributed by atoms with Gasteiger partial charge in [0.1, 0.15) is 0 Å². The highest BCUT2D eigenvalue weighted by atomic mass is 32.2. The molecule has 4 heteroatoms. The molecule has 1 saturated heterocycles. The summed E-state index contributed by atoms with van der Waals surface area (Å²) in [7, 11) is -2.96. The third-order valence-electron chi connectivity index (χ3n) is 2.62. The Balaban J connectivity index is 2.33. The van der Waals surface area contributed by atoms with Gasteiger partial charge in [-0.25, -0.2) is 8.42 Å². The van der Waals surface area contributed by atoms with E-state index in [1.165, 1.54) is 6.26 Å². The molecule has 0 aromatic rings. The van der Waals surface area contributed by atoms with Gasteiger partial charge in [0.25, 0.3) is 0 Å². The van der Waals surface area contributed by atoms with Gasteiger partial charge in [0.15, 0.2) is 9.84 Å². The molecule has 2 unspecified atom stereocenters. The number of sulfone groups is 1. The third kappa shape index (κ3) is 1.29. The quantitative estimate of drug-likeness (QED) is 0.648. The first-order valence-corrected chi connectivity index (χ1v) is 6.12. The van der Waals surface area contributed by atoms with Crippen LogP contribution in [0.2, 0.25) is 0 Å². The van der Waals surface area contributed by atoms with Crippen molar-refractivity contribution in [2.24, 2.45) is 0 Å². The van der Waals surface area contributed by atoms with Crippen molar-refractivity contribution >= 4 is 9.84 Å². The van der Waals surface area contributed by atoms with Gasteiger partial charge in [-0.05, 0) is 19.3 Å². The van der Waals surface area contributed by atoms with Gasteiger partial charge in [-0.3, -0.25) is 0 Å². The van der Waals surface area contributed by atoms with E-state index in [2.05, 4.69) is 5.32 Å². The molecule has 2 bridgehead atoms. The lowest BCUT2D eigenvalue weighted by atomic mass is 10.2. The van der Waals surface area contributed by atoms with Crippen LogP contribution in [0.4, 0.5) is 0 Å². The zero-order valence-corrected chi connectivity index (χ0v) is 7.89. The molecule has 0 radical (unpaired) electrons. The first kappa shape index (κ1) is 8.26. The van der Waals surface area contributed by atoms with Gasteiger partial charge in [-0.15, -0.1) is 0 Å². The topological polar surface area (TPSA) is 46.2 Å². The third-order valence-corrected chi connectivity index (χ3v) is 3.92. The Bertz CT molecular complexity index is 318. The number of nitrogens with one attached hydrogen (secondary N) is 1. The largest absolute Gasteiger partial charge is 0.306 e. The van der Waals surface area contributed by atoms with E-state index in [-0.39, 0.29) is 6.04 Å². The molecule has 0 aromatic carbocycles. The summed E-state index contributed by atoms with van der Waals surface area (Å²) in [5.41, 5.74) is 0. The van der Waals surface area contributed by atoms with E-state index in [0.29, 0.717) is 10.9 Å². The van der Waals surface area contributed by atoms with Gasteiger partial charge in [0.05, 0.1) is 4.91 Å². The standard InChI is InChI=1S/C8H13NO2S/c1-12(10,11)8-5-3-6-2-4-7(8)9-6/h5-7,9H,2-4H2,1H3. The van der Waals surface area contributed by atoms with Crippen LogP contribution >= 0.6 is 0 Å². The molecule has 0 saturated carbocycles. The number of rotatable bonds is 1. The lowest BCUT2D eigenvalue weighted by molar-refractivity contribution is 0.550. The normalized spacial score (nSPS) is 34.9. The maximum Gasteiger partial charge on any atom is 0.172 e. The van der Waals surface area contributed by atoms with E-state index < -0.39 is 9.84 Å². The minimum absolute atomic E-state index is 0.110. The summed E-state index contributed by atoms with van der Waals surface area (Å²) in [6.07, 6.45) is 6.13. The summed E-state index contributed by atoms with van der Waals surface area (Å²) < 4.78 is 22.5. The highest BCUT2D eigenvalue weighted by Gasteiger charge is 2.33. The van der Waals surface area contributed by atoms with Crippen LogP contribution in [-0.2, 0) is 9.84 Å². The van der Waals surface area contributed by atoms with Crippen LogP contribution in [-0.4, -0.2) is 26.8 Å². The lowest BCUT2D eigenvalue weighted by Crippen LogP contribution is -2.36. The van der Waals surface area contributed by atoms with Crippen molar-refractivity contribution in [3.05, 3.63) is 11.0 Å². The van der Waals surface area contributed by atoms with E-state index in [4.69, 9.17) is 0 Å². The molecule has 0 aliphatic carbocycles. The van der Waals surface area contributed by atoms with Gasteiger partial charge in [-0.2, -0.15) is 0 Å². The number of hydrogen-bond acceptors (Lipinski definition) is 3. The number of fused-ring (bicyclic) bond motifs is 2. The minimum atomic E-state index is -2.96. The van der Waals surface area contributed by atoms with Crippen molar-refractivity contribution in [3.63, 3.8) is 0 Å². The van der Waals surface area contributed by atoms with Gasteiger partial charge in [0.2, 0.25) is 0 Å². The zero-order valence-electron chi connectivity index (χ0n) is 7.08. The fraction of sp³-hybridized carbons (Fsp3) is 0.750. The van der Waals surface area contributed by atoms with Crippen molar-refractivity contribution in [1.29, 1.82) is 0 Å². The molecule has 2 rings (SSSR count). The first-order chi connectivity index (χ1) is 5.57. The maximum absolute atomic E-state index is 11.3. The molecule has 12 heavy (non-hydrogen) atoms. The van der Waals surface area contributed by atoms with Crippen molar-refractivity contribution in [2.45, 2.75) is 31.3 Å². The Morgan fingerprint density at radius 3 is 2.92 bits per heavy atom. The average Bonchev–Trinajstić information content (AvgIpc) is 2.30. The Hall–Kier alpha value is -0.350. The van der Waals surface area contributed by atoms with Crippen molar-refractivity contribution < 1.29 is 8.42 Å². The smallest absolute Gasteiger partial charge is 0.172 e. The molecule has 0 aromatic heterocycles. The predicted molar refractivity (Wildman–Crippen MR) is 47.5 cm³/mol. The fourth-order valence-electron chi connectivity index (χ4n) is 2.04. The van der Waals surface area contributed by atoms with Crippen LogP contribution in [0.25, 0.3) is 0 Å². The molecule has 2 aliphatic heterocycles. The molecule has 0 amide bonds. The Kier molecular flexibility index (Phi) is 1.77. The minimum Gasteiger partial charge on any atom is -0.306 e. The second kappa shape index (κ2) is 2.57. The monoisotopic (exact) mass is 187 g/mol. The van der Waals surface area contributed by atoms with Crippen molar-refractivity contribution in [3.8, 4) is 0 Å². The summed E-state index contributed by atoms with van der Waals surface area (Å²) in [4.78, 5) is 0.608. The van der Waals surface area contributed by atoms with E-state index in [9.17, 15) is 8.42 Å². The van der Waals surface area contributed by atoms with Gasteiger partial charge >= 0.3 is 0 Å². The Morgan fingerprint density at radius 2 is 2.25 bits per heavy atom. The average molecular weight is 187 g/mol. The van der Waals surface area contributed by atoms with Gasteiger partial charge < -0.3 is 5.32 Å². The maximum atomic E-state index is 11.3. The van der Waals surface area contributed by atoms with Gasteiger partial charge in [0, 0.05) is 18.3 Å². The fourth-order valence-corrected chi connectivity index (χ4v) is 3.14. The summed E-state index contributed by atoms with van der Waals surface area (Å²) >= 11 is 0. The molecule has 2 aliphatic rings. The molecule has 2 heterocycles. The molecular weight excluding hydrogens is 174 g/mol. The number of hydrogen-bond donors (Lipinski definition) is 1. The van der Waals surface area contributed by atoms with E-state index in [1.54, 1.807) is 0 Å². The molecule has 1 N–H and O–H groups in total. The van der Waals surface area contributed by atoms with Crippen LogP contribution in [0.15, 0.2) is 11.0 Å².